The van der Waals surface area contributed by atoms with Gasteiger partial charge in [-0.25, -0.2) is 4.79 Å². The Morgan fingerprint density at radius 3 is 2.67 bits per heavy atom. The van der Waals surface area contributed by atoms with E-state index in [4.69, 9.17) is 16.3 Å². The van der Waals surface area contributed by atoms with E-state index in [-0.39, 0.29) is 10.5 Å². The predicted octanol–water partition coefficient (Wildman–Crippen LogP) is 3.17. The average molecular weight is 411 g/mol. The molecule has 2 rings (SSSR count). The molecule has 1 heterocycles. The highest BCUT2D eigenvalue weighted by Crippen LogP contribution is 2.35. The summed E-state index contributed by atoms with van der Waals surface area (Å²) in [5.41, 5.74) is 1.46. The SMILES string of the molecule is COC(=O)C(c1ccccc1Cl)N1CCC(SC(=O)N(C)C)/C(=C\C=O)C1. The Morgan fingerprint density at radius 2 is 2.07 bits per heavy atom. The minimum absolute atomic E-state index is 0.0686. The number of aldehydes is 1. The maximum Gasteiger partial charge on any atom is 0.327 e. The van der Waals surface area contributed by atoms with Gasteiger partial charge in [-0.3, -0.25) is 14.5 Å². The van der Waals surface area contributed by atoms with Crippen LogP contribution in [-0.4, -0.2) is 66.8 Å². The molecule has 8 heteroatoms. The number of benzene rings is 1. The van der Waals surface area contributed by atoms with Crippen LogP contribution in [0.25, 0.3) is 0 Å². The second-order valence-electron chi connectivity index (χ2n) is 6.35. The maximum atomic E-state index is 12.5. The van der Waals surface area contributed by atoms with Crippen molar-refractivity contribution in [2.45, 2.75) is 17.7 Å². The molecule has 0 saturated carbocycles. The number of esters is 1. The molecular weight excluding hydrogens is 388 g/mol. The highest BCUT2D eigenvalue weighted by molar-refractivity contribution is 8.14. The van der Waals surface area contributed by atoms with Crippen LogP contribution in [0.1, 0.15) is 18.0 Å². The van der Waals surface area contributed by atoms with Gasteiger partial charge < -0.3 is 9.64 Å². The molecule has 1 aliphatic heterocycles. The molecule has 1 aliphatic rings. The van der Waals surface area contributed by atoms with Crippen molar-refractivity contribution in [2.75, 3.05) is 34.3 Å². The highest BCUT2D eigenvalue weighted by Gasteiger charge is 2.35. The Balaban J connectivity index is 2.28. The summed E-state index contributed by atoms with van der Waals surface area (Å²) in [6, 6.07) is 6.47. The van der Waals surface area contributed by atoms with Crippen molar-refractivity contribution in [1.29, 1.82) is 0 Å². The van der Waals surface area contributed by atoms with Crippen LogP contribution in [0.5, 0.6) is 0 Å². The van der Waals surface area contributed by atoms with E-state index in [2.05, 4.69) is 0 Å². The third-order valence-electron chi connectivity index (χ3n) is 4.36. The van der Waals surface area contributed by atoms with Crippen molar-refractivity contribution in [3.8, 4) is 0 Å². The Hall–Kier alpha value is -1.83. The molecule has 1 amide bonds. The van der Waals surface area contributed by atoms with Crippen LogP contribution < -0.4 is 0 Å². The minimum Gasteiger partial charge on any atom is -0.468 e. The summed E-state index contributed by atoms with van der Waals surface area (Å²) in [6.45, 7) is 0.946. The molecule has 0 radical (unpaired) electrons. The number of likely N-dealkylation sites (tertiary alicyclic amines) is 1. The number of halogens is 1. The van der Waals surface area contributed by atoms with E-state index in [1.54, 1.807) is 32.3 Å². The Bertz CT molecular complexity index is 738. The number of ether oxygens (including phenoxy) is 1. The van der Waals surface area contributed by atoms with Crippen molar-refractivity contribution >= 4 is 40.9 Å². The van der Waals surface area contributed by atoms with Gasteiger partial charge >= 0.3 is 5.97 Å². The van der Waals surface area contributed by atoms with Crippen molar-refractivity contribution < 1.29 is 19.1 Å². The molecule has 146 valence electrons. The fourth-order valence-corrected chi connectivity index (χ4v) is 4.22. The number of amides is 1. The van der Waals surface area contributed by atoms with Gasteiger partial charge in [-0.1, -0.05) is 41.6 Å². The second kappa shape index (κ2) is 9.92. The van der Waals surface area contributed by atoms with Crippen molar-refractivity contribution in [3.63, 3.8) is 0 Å². The average Bonchev–Trinajstić information content (AvgIpc) is 2.65. The number of rotatable bonds is 5. The zero-order valence-electron chi connectivity index (χ0n) is 15.6. The Labute approximate surface area is 168 Å². The van der Waals surface area contributed by atoms with Gasteiger partial charge in [0.1, 0.15) is 12.3 Å². The first-order valence-electron chi connectivity index (χ1n) is 8.47. The molecule has 2 unspecified atom stereocenters. The van der Waals surface area contributed by atoms with Crippen LogP contribution >= 0.6 is 23.4 Å². The molecule has 1 fully saturated rings. The van der Waals surface area contributed by atoms with E-state index < -0.39 is 12.0 Å². The summed E-state index contributed by atoms with van der Waals surface area (Å²) in [5, 5.41) is 0.305. The van der Waals surface area contributed by atoms with Crippen LogP contribution in [0, 0.1) is 0 Å². The molecular formula is C19H23ClN2O4S. The minimum atomic E-state index is -0.672. The summed E-state index contributed by atoms with van der Waals surface area (Å²) >= 11 is 7.50. The zero-order valence-corrected chi connectivity index (χ0v) is 17.1. The number of piperidine rings is 1. The molecule has 6 nitrogen and oxygen atoms in total. The lowest BCUT2D eigenvalue weighted by Gasteiger charge is -2.38. The molecule has 0 bridgehead atoms. The Morgan fingerprint density at radius 1 is 1.37 bits per heavy atom. The molecule has 1 aromatic rings. The first-order valence-corrected chi connectivity index (χ1v) is 9.73. The molecule has 0 N–H and O–H groups in total. The third-order valence-corrected chi connectivity index (χ3v) is 6.09. The summed E-state index contributed by atoms with van der Waals surface area (Å²) in [5.74, 6) is -0.413. The van der Waals surface area contributed by atoms with Gasteiger partial charge in [0.2, 0.25) is 0 Å². The van der Waals surface area contributed by atoms with Crippen LogP contribution in [0.3, 0.4) is 0 Å². The quantitative estimate of drug-likeness (QED) is 0.422. The van der Waals surface area contributed by atoms with Gasteiger partial charge in [0.15, 0.2) is 0 Å². The van der Waals surface area contributed by atoms with Gasteiger partial charge in [-0.15, -0.1) is 0 Å². The van der Waals surface area contributed by atoms with E-state index in [1.807, 2.05) is 11.0 Å². The number of allylic oxidation sites excluding steroid dienone is 1. The number of carbonyl (C=O) groups excluding carboxylic acids is 3. The third kappa shape index (κ3) is 5.34. The molecule has 0 spiro atoms. The molecule has 27 heavy (non-hydrogen) atoms. The van der Waals surface area contributed by atoms with E-state index in [0.717, 1.165) is 11.9 Å². The van der Waals surface area contributed by atoms with Gasteiger partial charge in [0, 0.05) is 37.5 Å². The van der Waals surface area contributed by atoms with Crippen molar-refractivity contribution in [1.82, 2.24) is 9.80 Å². The highest BCUT2D eigenvalue weighted by atomic mass is 35.5. The lowest BCUT2D eigenvalue weighted by atomic mass is 9.98. The number of carbonyl (C=O) groups is 3. The van der Waals surface area contributed by atoms with Gasteiger partial charge in [-0.2, -0.15) is 0 Å². The van der Waals surface area contributed by atoms with E-state index in [0.29, 0.717) is 30.1 Å². The summed E-state index contributed by atoms with van der Waals surface area (Å²) < 4.78 is 5.00. The number of nitrogens with zero attached hydrogens (tertiary/aromatic N) is 2. The first-order chi connectivity index (χ1) is 12.9. The predicted molar refractivity (Wildman–Crippen MR) is 107 cm³/mol. The number of hydrogen-bond acceptors (Lipinski definition) is 6. The lowest BCUT2D eigenvalue weighted by Crippen LogP contribution is -2.43. The maximum absolute atomic E-state index is 12.5. The fourth-order valence-electron chi connectivity index (χ4n) is 2.99. The molecule has 2 atom stereocenters. The zero-order chi connectivity index (χ0) is 20.0. The summed E-state index contributed by atoms with van der Waals surface area (Å²) in [6.07, 6.45) is 2.82. The number of thioether (sulfide) groups is 1. The van der Waals surface area contributed by atoms with Crippen LogP contribution in [-0.2, 0) is 14.3 Å². The lowest BCUT2D eigenvalue weighted by molar-refractivity contribution is -0.147. The Kier molecular flexibility index (Phi) is 7.89. The molecule has 0 aromatic heterocycles. The standard InChI is InChI=1S/C19H23ClN2O4S/c1-21(2)19(25)27-16-8-10-22(12-13(16)9-11-23)17(18(24)26-3)14-6-4-5-7-15(14)20/h4-7,9,11,16-17H,8,10,12H2,1-3H3/b13-9-. The first kappa shape index (κ1) is 21.5. The van der Waals surface area contributed by atoms with Crippen molar-refractivity contribution in [2.24, 2.45) is 0 Å². The summed E-state index contributed by atoms with van der Waals surface area (Å²) in [4.78, 5) is 39.1. The second-order valence-corrected chi connectivity index (χ2v) is 7.91. The van der Waals surface area contributed by atoms with Crippen LogP contribution in [0.15, 0.2) is 35.9 Å². The largest absolute Gasteiger partial charge is 0.468 e. The number of hydrogen-bond donors (Lipinski definition) is 0. The van der Waals surface area contributed by atoms with Gasteiger partial charge in [0.25, 0.3) is 5.24 Å². The van der Waals surface area contributed by atoms with Crippen LogP contribution in [0.2, 0.25) is 5.02 Å². The topological polar surface area (TPSA) is 66.9 Å². The fraction of sp³-hybridized carbons (Fsp3) is 0.421. The van der Waals surface area contributed by atoms with E-state index >= 15 is 0 Å². The number of methoxy groups -OCH3 is 1. The van der Waals surface area contributed by atoms with E-state index in [9.17, 15) is 14.4 Å². The van der Waals surface area contributed by atoms with E-state index in [1.165, 1.54) is 29.8 Å². The molecule has 0 aliphatic carbocycles. The van der Waals surface area contributed by atoms with Crippen molar-refractivity contribution in [3.05, 3.63) is 46.5 Å². The smallest absolute Gasteiger partial charge is 0.327 e. The monoisotopic (exact) mass is 410 g/mol. The normalized spacial score (nSPS) is 20.1. The summed E-state index contributed by atoms with van der Waals surface area (Å²) in [7, 11) is 4.73. The molecule has 1 saturated heterocycles. The van der Waals surface area contributed by atoms with Gasteiger partial charge in [-0.05, 0) is 29.7 Å². The van der Waals surface area contributed by atoms with Gasteiger partial charge in [0.05, 0.1) is 7.11 Å². The molecule has 1 aromatic carbocycles. The van der Waals surface area contributed by atoms with Crippen LogP contribution in [0.4, 0.5) is 4.79 Å².